The minimum absolute atomic E-state index is 0.102. The predicted octanol–water partition coefficient (Wildman–Crippen LogP) is 9.29. The van der Waals surface area contributed by atoms with Gasteiger partial charge < -0.3 is 30.0 Å². The molecular formula is C36H43BrN2O4. The van der Waals surface area contributed by atoms with Crippen LogP contribution < -0.4 is 11.1 Å². The summed E-state index contributed by atoms with van der Waals surface area (Å²) in [4.78, 5) is 0. The van der Waals surface area contributed by atoms with Crippen LogP contribution in [0.2, 0.25) is 0 Å². The monoisotopic (exact) mass is 646 g/mol. The van der Waals surface area contributed by atoms with Gasteiger partial charge in [0.25, 0.3) is 0 Å². The molecule has 0 atom stereocenters. The topological polar surface area (TPSA) is 75.0 Å². The molecule has 3 N–H and O–H groups in total. The summed E-state index contributed by atoms with van der Waals surface area (Å²) >= 11 is 3.41. The number of ether oxygens (including phenoxy) is 4. The van der Waals surface area contributed by atoms with Gasteiger partial charge in [0.05, 0.1) is 26.4 Å². The van der Waals surface area contributed by atoms with E-state index < -0.39 is 0 Å². The highest BCUT2D eigenvalue weighted by Crippen LogP contribution is 2.32. The van der Waals surface area contributed by atoms with Gasteiger partial charge in [0.1, 0.15) is 0 Å². The van der Waals surface area contributed by atoms with E-state index in [2.05, 4.69) is 61.1 Å². The van der Waals surface area contributed by atoms with Crippen molar-refractivity contribution in [2.24, 2.45) is 10.8 Å². The summed E-state index contributed by atoms with van der Waals surface area (Å²) in [5.74, 6) is 0. The Hall–Kier alpha value is -3.20. The van der Waals surface area contributed by atoms with Crippen LogP contribution in [0.4, 0.5) is 17.1 Å². The highest BCUT2D eigenvalue weighted by atomic mass is 79.9. The second kappa shape index (κ2) is 15.5. The number of benzene rings is 4. The summed E-state index contributed by atoms with van der Waals surface area (Å²) in [5.41, 5.74) is 10.7. The van der Waals surface area contributed by atoms with E-state index in [9.17, 15) is 0 Å². The standard InChI is InChI=1S/C18H21NO2.C12H15BrO2.C6H7N/c1-18(2)12-20-17(21-13-18)14-8-10-16(11-9-14)19-15-6-4-3-5-7-15;1-12(2)7-14-11(15-8-12)9-3-5-10(13)6-4-9;7-6-4-2-1-3-5-6/h3-11,17,19H,12-13H2,1-2H3;3-6,11H,7-8H2,1-2H3;1-5H,7H2. The van der Waals surface area contributed by atoms with Gasteiger partial charge in [-0.15, -0.1) is 0 Å². The molecule has 6 rings (SSSR count). The van der Waals surface area contributed by atoms with Crippen LogP contribution in [0, 0.1) is 10.8 Å². The molecule has 0 aromatic heterocycles. The van der Waals surface area contributed by atoms with Crippen molar-refractivity contribution < 1.29 is 18.9 Å². The fourth-order valence-electron chi connectivity index (χ4n) is 4.25. The molecule has 0 saturated carbocycles. The van der Waals surface area contributed by atoms with Gasteiger partial charge in [0.2, 0.25) is 0 Å². The SMILES string of the molecule is CC1(C)COC(c2ccc(Br)cc2)OC1.CC1(C)COC(c2ccc(Nc3ccccc3)cc2)OC1.Nc1ccccc1. The number of nitrogen functional groups attached to an aromatic ring is 1. The van der Waals surface area contributed by atoms with E-state index in [0.717, 1.165) is 59.1 Å². The minimum Gasteiger partial charge on any atom is -0.399 e. The first-order valence-electron chi connectivity index (χ1n) is 14.5. The van der Waals surface area contributed by atoms with Crippen molar-refractivity contribution in [3.8, 4) is 0 Å². The van der Waals surface area contributed by atoms with Crippen LogP contribution in [0.3, 0.4) is 0 Å². The number of hydrogen-bond acceptors (Lipinski definition) is 6. The third-order valence-electron chi connectivity index (χ3n) is 6.69. The highest BCUT2D eigenvalue weighted by molar-refractivity contribution is 9.10. The Labute approximate surface area is 264 Å². The molecule has 4 aromatic rings. The molecule has 0 aliphatic carbocycles. The number of nitrogens with two attached hydrogens (primary N) is 1. The van der Waals surface area contributed by atoms with E-state index in [1.54, 1.807) is 0 Å². The van der Waals surface area contributed by atoms with E-state index in [1.807, 2.05) is 97.1 Å². The number of rotatable bonds is 4. The third-order valence-corrected chi connectivity index (χ3v) is 7.22. The van der Waals surface area contributed by atoms with E-state index >= 15 is 0 Å². The van der Waals surface area contributed by atoms with Gasteiger partial charge in [-0.2, -0.15) is 0 Å². The summed E-state index contributed by atoms with van der Waals surface area (Å²) in [5, 5.41) is 3.37. The average Bonchev–Trinajstić information content (AvgIpc) is 3.00. The second-order valence-corrected chi connectivity index (χ2v) is 13.2. The normalized spacial score (nSPS) is 17.9. The van der Waals surface area contributed by atoms with Gasteiger partial charge in [-0.3, -0.25) is 0 Å². The second-order valence-electron chi connectivity index (χ2n) is 12.3. The van der Waals surface area contributed by atoms with Crippen molar-refractivity contribution in [3.05, 3.63) is 125 Å². The molecule has 2 saturated heterocycles. The molecule has 0 radical (unpaired) electrons. The zero-order valence-electron chi connectivity index (χ0n) is 25.5. The lowest BCUT2D eigenvalue weighted by atomic mass is 9.95. The number of anilines is 3. The Morgan fingerprint density at radius 3 is 1.33 bits per heavy atom. The molecule has 228 valence electrons. The van der Waals surface area contributed by atoms with Crippen LogP contribution in [0.5, 0.6) is 0 Å². The van der Waals surface area contributed by atoms with Crippen molar-refractivity contribution in [2.75, 3.05) is 37.5 Å². The molecule has 0 bridgehead atoms. The number of para-hydroxylation sites is 2. The molecule has 0 amide bonds. The number of hydrogen-bond donors (Lipinski definition) is 2. The van der Waals surface area contributed by atoms with Gasteiger partial charge >= 0.3 is 0 Å². The summed E-state index contributed by atoms with van der Waals surface area (Å²) < 4.78 is 24.0. The van der Waals surface area contributed by atoms with E-state index in [-0.39, 0.29) is 23.4 Å². The van der Waals surface area contributed by atoms with Gasteiger partial charge in [-0.25, -0.2) is 0 Å². The maximum Gasteiger partial charge on any atom is 0.183 e. The van der Waals surface area contributed by atoms with Gasteiger partial charge in [-0.1, -0.05) is 104 Å². The van der Waals surface area contributed by atoms with Crippen LogP contribution >= 0.6 is 15.9 Å². The Morgan fingerprint density at radius 1 is 0.558 bits per heavy atom. The lowest BCUT2D eigenvalue weighted by Gasteiger charge is -2.34. The quantitative estimate of drug-likeness (QED) is 0.215. The van der Waals surface area contributed by atoms with Crippen molar-refractivity contribution in [3.63, 3.8) is 0 Å². The zero-order chi connectivity index (χ0) is 30.7. The summed E-state index contributed by atoms with van der Waals surface area (Å²) in [7, 11) is 0. The zero-order valence-corrected chi connectivity index (χ0v) is 27.0. The molecular weight excluding hydrogens is 604 g/mol. The maximum absolute atomic E-state index is 5.79. The number of halogens is 1. The van der Waals surface area contributed by atoms with Crippen molar-refractivity contribution in [1.29, 1.82) is 0 Å². The number of nitrogens with one attached hydrogen (secondary N) is 1. The first-order chi connectivity index (χ1) is 20.6. The maximum atomic E-state index is 5.79. The van der Waals surface area contributed by atoms with Gasteiger partial charge in [0.15, 0.2) is 12.6 Å². The van der Waals surface area contributed by atoms with Crippen molar-refractivity contribution in [1.82, 2.24) is 0 Å². The Kier molecular flexibility index (Phi) is 11.8. The largest absolute Gasteiger partial charge is 0.399 e. The fraction of sp³-hybridized carbons (Fsp3) is 0.333. The van der Waals surface area contributed by atoms with E-state index in [1.165, 1.54) is 0 Å². The first-order valence-corrected chi connectivity index (χ1v) is 15.3. The van der Waals surface area contributed by atoms with Crippen LogP contribution in [0.25, 0.3) is 0 Å². The highest BCUT2D eigenvalue weighted by Gasteiger charge is 2.30. The lowest BCUT2D eigenvalue weighted by Crippen LogP contribution is -2.33. The van der Waals surface area contributed by atoms with Crippen LogP contribution in [-0.2, 0) is 18.9 Å². The van der Waals surface area contributed by atoms with Gasteiger partial charge in [-0.05, 0) is 48.5 Å². The molecule has 0 unspecified atom stereocenters. The molecule has 2 aliphatic rings. The third kappa shape index (κ3) is 11.1. The minimum atomic E-state index is -0.246. The predicted molar refractivity (Wildman–Crippen MR) is 178 cm³/mol. The fourth-order valence-corrected chi connectivity index (χ4v) is 4.52. The summed E-state index contributed by atoms with van der Waals surface area (Å²) in [6, 6.07) is 35.9. The average molecular weight is 648 g/mol. The van der Waals surface area contributed by atoms with Crippen molar-refractivity contribution in [2.45, 2.75) is 40.3 Å². The molecule has 0 spiro atoms. The van der Waals surface area contributed by atoms with Crippen LogP contribution in [0.15, 0.2) is 114 Å². The van der Waals surface area contributed by atoms with Crippen LogP contribution in [-0.4, -0.2) is 26.4 Å². The summed E-state index contributed by atoms with van der Waals surface area (Å²) in [6.45, 7) is 11.5. The molecule has 43 heavy (non-hydrogen) atoms. The Bertz CT molecular complexity index is 1340. The van der Waals surface area contributed by atoms with Crippen molar-refractivity contribution >= 4 is 33.0 Å². The Morgan fingerprint density at radius 2 is 0.930 bits per heavy atom. The van der Waals surface area contributed by atoms with E-state index in [0.29, 0.717) is 0 Å². The molecule has 6 nitrogen and oxygen atoms in total. The van der Waals surface area contributed by atoms with E-state index in [4.69, 9.17) is 24.7 Å². The van der Waals surface area contributed by atoms with Gasteiger partial charge in [0, 0.05) is 43.5 Å². The molecule has 7 heteroatoms. The molecule has 4 aromatic carbocycles. The smallest absolute Gasteiger partial charge is 0.183 e. The Balaban J connectivity index is 0.000000167. The van der Waals surface area contributed by atoms with Crippen LogP contribution in [0.1, 0.15) is 51.4 Å². The molecule has 2 aliphatic heterocycles. The lowest BCUT2D eigenvalue weighted by molar-refractivity contribution is -0.226. The first kappa shape index (κ1) is 32.7. The summed E-state index contributed by atoms with van der Waals surface area (Å²) in [6.07, 6.45) is -0.449. The molecule has 2 heterocycles. The molecule has 2 fully saturated rings.